The fourth-order valence-electron chi connectivity index (χ4n) is 2.02. The Morgan fingerprint density at radius 2 is 1.85 bits per heavy atom. The molecular formula is C19H19ClN2O3S. The molecule has 0 radical (unpaired) electrons. The van der Waals surface area contributed by atoms with Gasteiger partial charge in [-0.3, -0.25) is 0 Å². The summed E-state index contributed by atoms with van der Waals surface area (Å²) in [6, 6.07) is 15.3. The molecule has 2 aromatic carbocycles. The van der Waals surface area contributed by atoms with E-state index in [0.29, 0.717) is 17.4 Å². The van der Waals surface area contributed by atoms with Crippen LogP contribution in [-0.4, -0.2) is 25.0 Å². The van der Waals surface area contributed by atoms with Crippen molar-refractivity contribution in [1.29, 1.82) is 0 Å². The minimum absolute atomic E-state index is 0.350. The molecule has 0 unspecified atom stereocenters. The van der Waals surface area contributed by atoms with Gasteiger partial charge in [0.2, 0.25) is 0 Å². The SMILES string of the molecule is COC(=O)C=NSCc1ccccc1CO/N=C(/C)c1ccc(Cl)cc1. The average Bonchev–Trinajstić information content (AvgIpc) is 2.66. The second-order valence-electron chi connectivity index (χ2n) is 5.26. The van der Waals surface area contributed by atoms with Crippen LogP contribution in [0.4, 0.5) is 0 Å². The fourth-order valence-corrected chi connectivity index (χ4v) is 2.80. The summed E-state index contributed by atoms with van der Waals surface area (Å²) in [5.41, 5.74) is 3.81. The first kappa shape index (κ1) is 20.0. The first-order valence-corrected chi connectivity index (χ1v) is 9.14. The number of methoxy groups -OCH3 is 1. The van der Waals surface area contributed by atoms with Crippen molar-refractivity contribution >= 4 is 41.4 Å². The molecule has 0 aliphatic rings. The van der Waals surface area contributed by atoms with Gasteiger partial charge in [0.15, 0.2) is 0 Å². The second kappa shape index (κ2) is 10.6. The number of nitrogens with zero attached hydrogens (tertiary/aromatic N) is 2. The number of carbonyl (C=O) groups excluding carboxylic acids is 1. The van der Waals surface area contributed by atoms with Crippen molar-refractivity contribution in [3.05, 3.63) is 70.2 Å². The molecule has 0 amide bonds. The lowest BCUT2D eigenvalue weighted by Gasteiger charge is -2.07. The lowest BCUT2D eigenvalue weighted by atomic mass is 10.1. The smallest absolute Gasteiger partial charge is 0.349 e. The summed E-state index contributed by atoms with van der Waals surface area (Å²) in [5.74, 6) is 0.147. The lowest BCUT2D eigenvalue weighted by Crippen LogP contribution is -2.00. The van der Waals surface area contributed by atoms with Crippen LogP contribution in [0.25, 0.3) is 0 Å². The van der Waals surface area contributed by atoms with E-state index in [1.165, 1.54) is 19.1 Å². The number of rotatable bonds is 8. The van der Waals surface area contributed by atoms with Gasteiger partial charge < -0.3 is 9.57 Å². The molecule has 0 saturated carbocycles. The highest BCUT2D eigenvalue weighted by Crippen LogP contribution is 2.18. The van der Waals surface area contributed by atoms with Crippen LogP contribution in [0, 0.1) is 0 Å². The Balaban J connectivity index is 1.93. The van der Waals surface area contributed by atoms with Crippen LogP contribution in [-0.2, 0) is 26.7 Å². The van der Waals surface area contributed by atoms with Crippen molar-refractivity contribution in [1.82, 2.24) is 0 Å². The molecule has 0 saturated heterocycles. The van der Waals surface area contributed by atoms with E-state index in [0.717, 1.165) is 28.6 Å². The van der Waals surface area contributed by atoms with Gasteiger partial charge in [-0.05, 0) is 47.7 Å². The fraction of sp³-hybridized carbons (Fsp3) is 0.211. The van der Waals surface area contributed by atoms with Gasteiger partial charge in [-0.1, -0.05) is 53.2 Å². The third kappa shape index (κ3) is 6.54. The van der Waals surface area contributed by atoms with Gasteiger partial charge in [0.05, 0.1) is 12.8 Å². The Hall–Kier alpha value is -2.31. The van der Waals surface area contributed by atoms with Gasteiger partial charge >= 0.3 is 5.97 Å². The van der Waals surface area contributed by atoms with Gasteiger partial charge in [-0.2, -0.15) is 0 Å². The molecular weight excluding hydrogens is 372 g/mol. The number of oxime groups is 1. The van der Waals surface area contributed by atoms with Crippen molar-refractivity contribution in [2.45, 2.75) is 19.3 Å². The highest BCUT2D eigenvalue weighted by molar-refractivity contribution is 7.97. The normalized spacial score (nSPS) is 11.6. The zero-order valence-electron chi connectivity index (χ0n) is 14.5. The van der Waals surface area contributed by atoms with Crippen LogP contribution in [0.2, 0.25) is 5.02 Å². The standard InChI is InChI=1S/C19H19ClN2O3S/c1-14(15-7-9-18(20)10-8-15)22-25-12-16-5-3-4-6-17(16)13-26-21-11-19(23)24-2/h3-11H,12-13H2,1-2H3/b21-11?,22-14-. The number of benzene rings is 2. The molecule has 26 heavy (non-hydrogen) atoms. The summed E-state index contributed by atoms with van der Waals surface area (Å²) >= 11 is 7.15. The molecule has 0 atom stereocenters. The molecule has 136 valence electrons. The number of hydrogen-bond donors (Lipinski definition) is 0. The van der Waals surface area contributed by atoms with Gasteiger partial charge in [-0.15, -0.1) is 0 Å². The number of ether oxygens (including phenoxy) is 1. The number of esters is 1. The molecule has 0 fully saturated rings. The predicted molar refractivity (Wildman–Crippen MR) is 107 cm³/mol. The van der Waals surface area contributed by atoms with E-state index in [1.54, 1.807) is 0 Å². The van der Waals surface area contributed by atoms with Crippen LogP contribution in [0.3, 0.4) is 0 Å². The number of halogens is 1. The summed E-state index contributed by atoms with van der Waals surface area (Å²) < 4.78 is 8.47. The molecule has 7 heteroatoms. The largest absolute Gasteiger partial charge is 0.465 e. The molecule has 0 aromatic heterocycles. The van der Waals surface area contributed by atoms with Gasteiger partial charge in [0.25, 0.3) is 0 Å². The maximum absolute atomic E-state index is 11.0. The minimum atomic E-state index is -0.471. The zero-order chi connectivity index (χ0) is 18.8. The average molecular weight is 391 g/mol. The summed E-state index contributed by atoms with van der Waals surface area (Å²) in [5, 5.41) is 4.85. The lowest BCUT2D eigenvalue weighted by molar-refractivity contribution is -0.132. The Kier molecular flexibility index (Phi) is 8.18. The van der Waals surface area contributed by atoms with Crippen molar-refractivity contribution < 1.29 is 14.4 Å². The second-order valence-corrected chi connectivity index (χ2v) is 6.45. The molecule has 0 spiro atoms. The van der Waals surface area contributed by atoms with E-state index < -0.39 is 5.97 Å². The van der Waals surface area contributed by atoms with Crippen LogP contribution < -0.4 is 0 Å². The predicted octanol–water partition coefficient (Wildman–Crippen LogP) is 4.67. The third-order valence-corrected chi connectivity index (χ3v) is 4.40. The van der Waals surface area contributed by atoms with E-state index in [2.05, 4.69) is 14.3 Å². The molecule has 0 aliphatic carbocycles. The Bertz CT molecular complexity index is 792. The van der Waals surface area contributed by atoms with Gasteiger partial charge in [0, 0.05) is 10.8 Å². The zero-order valence-corrected chi connectivity index (χ0v) is 16.1. The monoisotopic (exact) mass is 390 g/mol. The summed E-state index contributed by atoms with van der Waals surface area (Å²) in [4.78, 5) is 16.5. The molecule has 0 aliphatic heterocycles. The molecule has 2 aromatic rings. The first-order chi connectivity index (χ1) is 12.6. The molecule has 0 N–H and O–H groups in total. The van der Waals surface area contributed by atoms with Crippen LogP contribution in [0.1, 0.15) is 23.6 Å². The highest BCUT2D eigenvalue weighted by Gasteiger charge is 2.04. The van der Waals surface area contributed by atoms with Crippen LogP contribution >= 0.6 is 23.5 Å². The first-order valence-electron chi connectivity index (χ1n) is 7.82. The summed E-state index contributed by atoms with van der Waals surface area (Å²) in [6.45, 7) is 2.23. The van der Waals surface area contributed by atoms with Crippen molar-refractivity contribution in [2.75, 3.05) is 7.11 Å². The van der Waals surface area contributed by atoms with E-state index >= 15 is 0 Å². The van der Waals surface area contributed by atoms with Crippen molar-refractivity contribution in [2.24, 2.45) is 9.55 Å². The summed E-state index contributed by atoms with van der Waals surface area (Å²) in [7, 11) is 1.32. The topological polar surface area (TPSA) is 60.2 Å². The Morgan fingerprint density at radius 1 is 1.15 bits per heavy atom. The van der Waals surface area contributed by atoms with E-state index in [-0.39, 0.29) is 0 Å². The molecule has 2 rings (SSSR count). The maximum Gasteiger partial charge on any atom is 0.349 e. The van der Waals surface area contributed by atoms with Gasteiger partial charge in [0.1, 0.15) is 12.8 Å². The summed E-state index contributed by atoms with van der Waals surface area (Å²) in [6.07, 6.45) is 1.16. The van der Waals surface area contributed by atoms with Gasteiger partial charge in [-0.25, -0.2) is 9.19 Å². The maximum atomic E-state index is 11.0. The van der Waals surface area contributed by atoms with E-state index in [4.69, 9.17) is 16.4 Å². The Morgan fingerprint density at radius 3 is 2.54 bits per heavy atom. The van der Waals surface area contributed by atoms with Crippen molar-refractivity contribution in [3.8, 4) is 0 Å². The third-order valence-electron chi connectivity index (χ3n) is 3.46. The van der Waals surface area contributed by atoms with Crippen molar-refractivity contribution in [3.63, 3.8) is 0 Å². The molecule has 0 heterocycles. The molecule has 0 bridgehead atoms. The van der Waals surface area contributed by atoms with Crippen LogP contribution in [0.5, 0.6) is 0 Å². The van der Waals surface area contributed by atoms with Crippen LogP contribution in [0.15, 0.2) is 58.1 Å². The number of carbonyl (C=O) groups is 1. The highest BCUT2D eigenvalue weighted by atomic mass is 35.5. The molecule has 5 nitrogen and oxygen atoms in total. The quantitative estimate of drug-likeness (QED) is 0.284. The van der Waals surface area contributed by atoms with E-state index in [9.17, 15) is 4.79 Å². The Labute approximate surface area is 162 Å². The van der Waals surface area contributed by atoms with E-state index in [1.807, 2.05) is 55.5 Å². The number of hydrogen-bond acceptors (Lipinski definition) is 6. The minimum Gasteiger partial charge on any atom is -0.465 e.